The Morgan fingerprint density at radius 1 is 1.16 bits per heavy atom. The molecule has 134 valence electrons. The van der Waals surface area contributed by atoms with Crippen molar-refractivity contribution < 1.29 is 32.3 Å². The zero-order chi connectivity index (χ0) is 18.8. The first kappa shape index (κ1) is 18.6. The monoisotopic (exact) mass is 355 g/mol. The number of amides is 1. The average Bonchev–Trinajstić information content (AvgIpc) is 2.83. The van der Waals surface area contributed by atoms with E-state index in [1.165, 1.54) is 18.2 Å². The molecule has 0 unspecified atom stereocenters. The van der Waals surface area contributed by atoms with Gasteiger partial charge in [-0.1, -0.05) is 12.1 Å². The Morgan fingerprint density at radius 2 is 1.76 bits per heavy atom. The van der Waals surface area contributed by atoms with Crippen LogP contribution in [-0.4, -0.2) is 28.4 Å². The molecule has 0 aliphatic rings. The van der Waals surface area contributed by atoms with Crippen molar-refractivity contribution in [3.8, 4) is 0 Å². The third kappa shape index (κ3) is 4.62. The lowest BCUT2D eigenvalue weighted by Crippen LogP contribution is -2.35. The Balaban J connectivity index is 2.24. The standard InChI is InChI=1S/C17H16F3NO4/c1-10-7-14(11(2)25-10)16(24)21(9-15(22)23)8-12-3-5-13(6-4-12)17(18,19)20/h3-7H,8-9H2,1-2H3,(H,22,23). The fourth-order valence-electron chi connectivity index (χ4n) is 2.40. The highest BCUT2D eigenvalue weighted by molar-refractivity contribution is 5.96. The number of carbonyl (C=O) groups is 2. The van der Waals surface area contributed by atoms with Gasteiger partial charge >= 0.3 is 12.1 Å². The van der Waals surface area contributed by atoms with Gasteiger partial charge in [0.25, 0.3) is 5.91 Å². The number of hydrogen-bond donors (Lipinski definition) is 1. The summed E-state index contributed by atoms with van der Waals surface area (Å²) in [5.41, 5.74) is -0.195. The first-order chi connectivity index (χ1) is 11.6. The van der Waals surface area contributed by atoms with E-state index in [0.717, 1.165) is 17.0 Å². The molecule has 5 nitrogen and oxygen atoms in total. The molecule has 1 heterocycles. The molecule has 0 saturated heterocycles. The predicted molar refractivity (Wildman–Crippen MR) is 82.0 cm³/mol. The number of hydrogen-bond acceptors (Lipinski definition) is 3. The zero-order valence-electron chi connectivity index (χ0n) is 13.6. The fourth-order valence-corrected chi connectivity index (χ4v) is 2.40. The van der Waals surface area contributed by atoms with E-state index in [4.69, 9.17) is 9.52 Å². The number of halogens is 3. The summed E-state index contributed by atoms with van der Waals surface area (Å²) in [5.74, 6) is -0.925. The molecule has 1 aromatic carbocycles. The van der Waals surface area contributed by atoms with Gasteiger partial charge in [0, 0.05) is 6.54 Å². The van der Waals surface area contributed by atoms with Gasteiger partial charge in [-0.05, 0) is 37.6 Å². The Bertz CT molecular complexity index is 778. The molecule has 0 fully saturated rings. The molecule has 1 aromatic heterocycles. The van der Waals surface area contributed by atoms with Gasteiger partial charge in [-0.2, -0.15) is 13.2 Å². The number of aliphatic carboxylic acids is 1. The van der Waals surface area contributed by atoms with E-state index >= 15 is 0 Å². The molecule has 0 aliphatic heterocycles. The minimum Gasteiger partial charge on any atom is -0.480 e. The van der Waals surface area contributed by atoms with Crippen molar-refractivity contribution in [3.05, 3.63) is 58.5 Å². The average molecular weight is 355 g/mol. The van der Waals surface area contributed by atoms with Crippen LogP contribution >= 0.6 is 0 Å². The van der Waals surface area contributed by atoms with E-state index in [1.807, 2.05) is 0 Å². The van der Waals surface area contributed by atoms with Crippen LogP contribution in [0.2, 0.25) is 0 Å². The van der Waals surface area contributed by atoms with Crippen molar-refractivity contribution in [2.45, 2.75) is 26.6 Å². The van der Waals surface area contributed by atoms with Crippen LogP contribution in [0.15, 0.2) is 34.7 Å². The topological polar surface area (TPSA) is 70.8 Å². The highest BCUT2D eigenvalue weighted by Gasteiger charge is 2.30. The molecule has 1 amide bonds. The maximum atomic E-state index is 12.6. The highest BCUT2D eigenvalue weighted by Crippen LogP contribution is 2.29. The normalized spacial score (nSPS) is 11.4. The number of carboxylic acids is 1. The quantitative estimate of drug-likeness (QED) is 0.889. The van der Waals surface area contributed by atoms with Gasteiger partial charge < -0.3 is 14.4 Å². The molecule has 2 rings (SSSR count). The van der Waals surface area contributed by atoms with Crippen LogP contribution in [0.3, 0.4) is 0 Å². The van der Waals surface area contributed by atoms with E-state index < -0.39 is 30.2 Å². The molecule has 0 saturated carbocycles. The van der Waals surface area contributed by atoms with Gasteiger partial charge in [0.1, 0.15) is 18.1 Å². The highest BCUT2D eigenvalue weighted by atomic mass is 19.4. The van der Waals surface area contributed by atoms with E-state index in [-0.39, 0.29) is 12.1 Å². The van der Waals surface area contributed by atoms with Crippen molar-refractivity contribution in [1.82, 2.24) is 4.90 Å². The molecule has 2 aromatic rings. The summed E-state index contributed by atoms with van der Waals surface area (Å²) in [6, 6.07) is 5.73. The summed E-state index contributed by atoms with van der Waals surface area (Å²) in [4.78, 5) is 24.7. The predicted octanol–water partition coefficient (Wildman–Crippen LogP) is 3.64. The van der Waals surface area contributed by atoms with Crippen LogP contribution in [0, 0.1) is 13.8 Å². The lowest BCUT2D eigenvalue weighted by atomic mass is 10.1. The summed E-state index contributed by atoms with van der Waals surface area (Å²) in [6.07, 6.45) is -4.46. The zero-order valence-corrected chi connectivity index (χ0v) is 13.6. The summed E-state index contributed by atoms with van der Waals surface area (Å²) in [7, 11) is 0. The maximum absolute atomic E-state index is 12.6. The third-order valence-electron chi connectivity index (χ3n) is 3.54. The second-order valence-electron chi connectivity index (χ2n) is 5.58. The summed E-state index contributed by atoms with van der Waals surface area (Å²) in [6.45, 7) is 2.52. The number of alkyl halides is 3. The molecule has 0 atom stereocenters. The smallest absolute Gasteiger partial charge is 0.416 e. The molecule has 1 N–H and O–H groups in total. The van der Waals surface area contributed by atoms with Crippen molar-refractivity contribution in [1.29, 1.82) is 0 Å². The molecule has 0 aliphatic carbocycles. The number of aryl methyl sites for hydroxylation is 2. The van der Waals surface area contributed by atoms with Crippen molar-refractivity contribution >= 4 is 11.9 Å². The summed E-state index contributed by atoms with van der Waals surface area (Å²) >= 11 is 0. The Labute approximate surface area is 141 Å². The molecule has 25 heavy (non-hydrogen) atoms. The largest absolute Gasteiger partial charge is 0.480 e. The summed E-state index contributed by atoms with van der Waals surface area (Å²) in [5, 5.41) is 9.02. The lowest BCUT2D eigenvalue weighted by molar-refractivity contribution is -0.138. The molecular formula is C17H16F3NO4. The van der Waals surface area contributed by atoms with Crippen LogP contribution in [0.4, 0.5) is 13.2 Å². The fraction of sp³-hybridized carbons (Fsp3) is 0.294. The van der Waals surface area contributed by atoms with Gasteiger partial charge in [-0.25, -0.2) is 0 Å². The SMILES string of the molecule is Cc1cc(C(=O)N(CC(=O)O)Cc2ccc(C(F)(F)F)cc2)c(C)o1. The molecule has 8 heteroatoms. The van der Waals surface area contributed by atoms with E-state index in [9.17, 15) is 22.8 Å². The van der Waals surface area contributed by atoms with E-state index in [1.54, 1.807) is 13.8 Å². The van der Waals surface area contributed by atoms with Crippen LogP contribution in [0.25, 0.3) is 0 Å². The van der Waals surface area contributed by atoms with Gasteiger partial charge in [-0.15, -0.1) is 0 Å². The number of carbonyl (C=O) groups excluding carboxylic acids is 1. The Hall–Kier alpha value is -2.77. The van der Waals surface area contributed by atoms with Gasteiger partial charge in [0.05, 0.1) is 11.1 Å². The minimum absolute atomic E-state index is 0.132. The van der Waals surface area contributed by atoms with E-state index in [2.05, 4.69) is 0 Å². The maximum Gasteiger partial charge on any atom is 0.416 e. The van der Waals surface area contributed by atoms with Crippen LogP contribution in [-0.2, 0) is 17.5 Å². The van der Waals surface area contributed by atoms with Gasteiger partial charge in [-0.3, -0.25) is 9.59 Å². The molecule has 0 radical (unpaired) electrons. The van der Waals surface area contributed by atoms with Crippen LogP contribution < -0.4 is 0 Å². The second kappa shape index (κ2) is 7.00. The first-order valence-electron chi connectivity index (χ1n) is 7.32. The third-order valence-corrected chi connectivity index (χ3v) is 3.54. The van der Waals surface area contributed by atoms with Crippen LogP contribution in [0.5, 0.6) is 0 Å². The Morgan fingerprint density at radius 3 is 2.20 bits per heavy atom. The van der Waals surface area contributed by atoms with Gasteiger partial charge in [0.15, 0.2) is 0 Å². The van der Waals surface area contributed by atoms with Crippen LogP contribution in [0.1, 0.15) is 33.0 Å². The van der Waals surface area contributed by atoms with E-state index in [0.29, 0.717) is 17.1 Å². The number of furan rings is 1. The van der Waals surface area contributed by atoms with Gasteiger partial charge in [0.2, 0.25) is 0 Å². The molecular weight excluding hydrogens is 339 g/mol. The van der Waals surface area contributed by atoms with Crippen molar-refractivity contribution in [2.24, 2.45) is 0 Å². The lowest BCUT2D eigenvalue weighted by Gasteiger charge is -2.21. The Kier molecular flexibility index (Phi) is 5.20. The number of benzene rings is 1. The number of nitrogens with zero attached hydrogens (tertiary/aromatic N) is 1. The number of rotatable bonds is 5. The van der Waals surface area contributed by atoms with Crippen molar-refractivity contribution in [3.63, 3.8) is 0 Å². The van der Waals surface area contributed by atoms with Crippen molar-refractivity contribution in [2.75, 3.05) is 6.54 Å². The number of carboxylic acid groups (broad SMARTS) is 1. The first-order valence-corrected chi connectivity index (χ1v) is 7.32. The molecule has 0 bridgehead atoms. The molecule has 0 spiro atoms. The summed E-state index contributed by atoms with van der Waals surface area (Å²) < 4.78 is 43.1. The minimum atomic E-state index is -4.46. The second-order valence-corrected chi connectivity index (χ2v) is 5.58.